The molecule has 1 saturated heterocycles. The molecule has 2 amide bonds. The number of carboxylic acid groups (broad SMARTS) is 1. The van der Waals surface area contributed by atoms with Gasteiger partial charge < -0.3 is 20.1 Å². The van der Waals surface area contributed by atoms with Gasteiger partial charge in [0.05, 0.1) is 13.0 Å². The number of nitrogens with one attached hydrogen (secondary N) is 1. The number of rotatable bonds is 7. The van der Waals surface area contributed by atoms with Crippen LogP contribution in [0.4, 0.5) is 0 Å². The van der Waals surface area contributed by atoms with E-state index in [1.165, 1.54) is 4.90 Å². The van der Waals surface area contributed by atoms with Crippen LogP contribution in [0.1, 0.15) is 26.2 Å². The zero-order chi connectivity index (χ0) is 16.5. The fraction of sp³-hybridized carbons (Fsp3) is 0.571. The Kier molecular flexibility index (Phi) is 7.07. The lowest BCUT2D eigenvalue weighted by Gasteiger charge is -2.33. The maximum Gasteiger partial charge on any atom is 0.328 e. The summed E-state index contributed by atoms with van der Waals surface area (Å²) in [5.41, 5.74) is 0. The van der Waals surface area contributed by atoms with Crippen molar-refractivity contribution in [1.29, 1.82) is 0 Å². The maximum absolute atomic E-state index is 11.9. The van der Waals surface area contributed by atoms with E-state index in [9.17, 15) is 19.2 Å². The SMILES string of the molecule is CCCCOC(=O)C[C@@H]1C(=O)NCCN1C(=O)/C=C/C(=O)O. The molecule has 0 bridgehead atoms. The average Bonchev–Trinajstić information content (AvgIpc) is 2.47. The minimum Gasteiger partial charge on any atom is -0.478 e. The van der Waals surface area contributed by atoms with Crippen molar-refractivity contribution in [3.05, 3.63) is 12.2 Å². The van der Waals surface area contributed by atoms with E-state index in [0.717, 1.165) is 18.9 Å². The topological polar surface area (TPSA) is 113 Å². The van der Waals surface area contributed by atoms with Gasteiger partial charge >= 0.3 is 11.9 Å². The summed E-state index contributed by atoms with van der Waals surface area (Å²) in [4.78, 5) is 47.1. The van der Waals surface area contributed by atoms with Gasteiger partial charge in [0, 0.05) is 25.2 Å². The van der Waals surface area contributed by atoms with Crippen LogP contribution in [0, 0.1) is 0 Å². The van der Waals surface area contributed by atoms with Crippen LogP contribution >= 0.6 is 0 Å². The number of amides is 2. The van der Waals surface area contributed by atoms with Crippen LogP contribution in [0.2, 0.25) is 0 Å². The molecule has 1 rings (SSSR count). The van der Waals surface area contributed by atoms with E-state index in [1.54, 1.807) is 0 Å². The Morgan fingerprint density at radius 3 is 2.77 bits per heavy atom. The second kappa shape index (κ2) is 8.81. The van der Waals surface area contributed by atoms with E-state index in [-0.39, 0.29) is 26.1 Å². The van der Waals surface area contributed by atoms with Gasteiger partial charge in [0.25, 0.3) is 0 Å². The van der Waals surface area contributed by atoms with E-state index >= 15 is 0 Å². The van der Waals surface area contributed by atoms with Crippen LogP contribution in [0.5, 0.6) is 0 Å². The third-order valence-corrected chi connectivity index (χ3v) is 3.10. The Hall–Kier alpha value is -2.38. The molecule has 2 N–H and O–H groups in total. The van der Waals surface area contributed by atoms with E-state index in [0.29, 0.717) is 6.08 Å². The number of piperazine rings is 1. The summed E-state index contributed by atoms with van der Waals surface area (Å²) in [5.74, 6) is -2.89. The van der Waals surface area contributed by atoms with E-state index in [2.05, 4.69) is 5.32 Å². The molecule has 0 unspecified atom stereocenters. The van der Waals surface area contributed by atoms with Gasteiger partial charge in [0.1, 0.15) is 6.04 Å². The number of ether oxygens (including phenoxy) is 1. The van der Waals surface area contributed by atoms with Crippen LogP contribution in [0.25, 0.3) is 0 Å². The predicted octanol–water partition coefficient (Wildman–Crippen LogP) is -0.312. The van der Waals surface area contributed by atoms with Crippen molar-refractivity contribution >= 4 is 23.8 Å². The molecule has 0 spiro atoms. The molecule has 8 heteroatoms. The number of carbonyl (C=O) groups is 4. The molecule has 1 aliphatic rings. The first-order valence-corrected chi connectivity index (χ1v) is 7.10. The maximum atomic E-state index is 11.9. The van der Waals surface area contributed by atoms with Crippen molar-refractivity contribution < 1.29 is 29.0 Å². The first-order chi connectivity index (χ1) is 10.5. The monoisotopic (exact) mass is 312 g/mol. The molecule has 1 heterocycles. The molecule has 8 nitrogen and oxygen atoms in total. The third kappa shape index (κ3) is 5.55. The largest absolute Gasteiger partial charge is 0.478 e. The highest BCUT2D eigenvalue weighted by molar-refractivity contribution is 5.98. The van der Waals surface area contributed by atoms with Crippen molar-refractivity contribution in [2.45, 2.75) is 32.2 Å². The number of esters is 1. The van der Waals surface area contributed by atoms with Crippen molar-refractivity contribution in [3.63, 3.8) is 0 Å². The third-order valence-electron chi connectivity index (χ3n) is 3.10. The van der Waals surface area contributed by atoms with Gasteiger partial charge in [-0.05, 0) is 6.42 Å². The molecule has 0 aromatic heterocycles. The Morgan fingerprint density at radius 2 is 2.14 bits per heavy atom. The summed E-state index contributed by atoms with van der Waals surface area (Å²) in [6, 6.07) is -0.978. The van der Waals surface area contributed by atoms with Crippen LogP contribution in [0.3, 0.4) is 0 Å². The zero-order valence-corrected chi connectivity index (χ0v) is 12.4. The summed E-state index contributed by atoms with van der Waals surface area (Å²) in [6.45, 7) is 2.70. The average molecular weight is 312 g/mol. The molecule has 0 radical (unpaired) electrons. The molecule has 0 aliphatic carbocycles. The van der Waals surface area contributed by atoms with Crippen molar-refractivity contribution in [2.75, 3.05) is 19.7 Å². The van der Waals surface area contributed by atoms with Gasteiger partial charge in [0.15, 0.2) is 0 Å². The number of hydrogen-bond donors (Lipinski definition) is 2. The first-order valence-electron chi connectivity index (χ1n) is 7.10. The summed E-state index contributed by atoms with van der Waals surface area (Å²) in [6.07, 6.45) is 2.93. The molecule has 0 aromatic carbocycles. The lowest BCUT2D eigenvalue weighted by molar-refractivity contribution is -0.150. The molecule has 0 saturated carbocycles. The minimum atomic E-state index is -1.26. The summed E-state index contributed by atoms with van der Waals surface area (Å²) in [5, 5.41) is 11.1. The lowest BCUT2D eigenvalue weighted by atomic mass is 10.1. The second-order valence-corrected chi connectivity index (χ2v) is 4.79. The molecular formula is C14H20N2O6. The Labute approximate surface area is 128 Å². The zero-order valence-electron chi connectivity index (χ0n) is 12.4. The highest BCUT2D eigenvalue weighted by Crippen LogP contribution is 2.11. The first kappa shape index (κ1) is 17.7. The van der Waals surface area contributed by atoms with E-state index in [4.69, 9.17) is 9.84 Å². The molecule has 1 fully saturated rings. The molecule has 122 valence electrons. The van der Waals surface area contributed by atoms with Crippen molar-refractivity contribution in [1.82, 2.24) is 10.2 Å². The summed E-state index contributed by atoms with van der Waals surface area (Å²) in [7, 11) is 0. The quantitative estimate of drug-likeness (QED) is 0.379. The van der Waals surface area contributed by atoms with Gasteiger partial charge in [-0.1, -0.05) is 13.3 Å². The van der Waals surface area contributed by atoms with Gasteiger partial charge in [-0.3, -0.25) is 14.4 Å². The number of hydrogen-bond acceptors (Lipinski definition) is 5. The van der Waals surface area contributed by atoms with Crippen LogP contribution in [0.15, 0.2) is 12.2 Å². The smallest absolute Gasteiger partial charge is 0.328 e. The molecule has 0 aromatic rings. The number of unbranched alkanes of at least 4 members (excludes halogenated alkanes) is 1. The van der Waals surface area contributed by atoms with Crippen LogP contribution in [-0.2, 0) is 23.9 Å². The van der Waals surface area contributed by atoms with E-state index in [1.807, 2.05) is 6.92 Å². The highest BCUT2D eigenvalue weighted by atomic mass is 16.5. The number of carboxylic acids is 1. The summed E-state index contributed by atoms with van der Waals surface area (Å²) < 4.78 is 4.99. The molecule has 1 aliphatic heterocycles. The summed E-state index contributed by atoms with van der Waals surface area (Å²) >= 11 is 0. The van der Waals surface area contributed by atoms with Gasteiger partial charge in [-0.25, -0.2) is 4.79 Å². The van der Waals surface area contributed by atoms with Crippen LogP contribution < -0.4 is 5.32 Å². The van der Waals surface area contributed by atoms with Gasteiger partial charge in [-0.2, -0.15) is 0 Å². The molecule has 22 heavy (non-hydrogen) atoms. The van der Waals surface area contributed by atoms with Crippen molar-refractivity contribution in [3.8, 4) is 0 Å². The van der Waals surface area contributed by atoms with E-state index < -0.39 is 29.8 Å². The Bertz CT molecular complexity index is 474. The predicted molar refractivity (Wildman–Crippen MR) is 75.8 cm³/mol. The minimum absolute atomic E-state index is 0.210. The Balaban J connectivity index is 2.68. The van der Waals surface area contributed by atoms with Crippen LogP contribution in [-0.4, -0.2) is 59.5 Å². The second-order valence-electron chi connectivity index (χ2n) is 4.79. The highest BCUT2D eigenvalue weighted by Gasteiger charge is 2.34. The number of nitrogens with zero attached hydrogens (tertiary/aromatic N) is 1. The lowest BCUT2D eigenvalue weighted by Crippen LogP contribution is -2.57. The fourth-order valence-electron chi connectivity index (χ4n) is 1.97. The molecule has 1 atom stereocenters. The van der Waals surface area contributed by atoms with Gasteiger partial charge in [-0.15, -0.1) is 0 Å². The normalized spacial score (nSPS) is 18.1. The van der Waals surface area contributed by atoms with Crippen molar-refractivity contribution in [2.24, 2.45) is 0 Å². The number of aliphatic carboxylic acids is 1. The standard InChI is InChI=1S/C14H20N2O6/c1-2-3-8-22-13(20)9-10-14(21)15-6-7-16(10)11(17)4-5-12(18)19/h4-5,10H,2-3,6-9H2,1H3,(H,15,21)(H,18,19)/b5-4+/t10-/m1/s1. The Morgan fingerprint density at radius 1 is 1.41 bits per heavy atom. The molecular weight excluding hydrogens is 292 g/mol. The van der Waals surface area contributed by atoms with Gasteiger partial charge in [0.2, 0.25) is 11.8 Å². The number of carbonyl (C=O) groups excluding carboxylic acids is 3. The fourth-order valence-corrected chi connectivity index (χ4v) is 1.97.